The van der Waals surface area contributed by atoms with Crippen LogP contribution in [-0.4, -0.2) is 40.3 Å². The fourth-order valence-electron chi connectivity index (χ4n) is 2.50. The quantitative estimate of drug-likeness (QED) is 0.650. The molecule has 1 unspecified atom stereocenters. The normalized spacial score (nSPS) is 18.4. The second-order valence-corrected chi connectivity index (χ2v) is 4.87. The van der Waals surface area contributed by atoms with E-state index < -0.39 is 4.92 Å². The first-order valence-electron chi connectivity index (χ1n) is 6.44. The molecule has 1 atom stereocenters. The van der Waals surface area contributed by atoms with E-state index in [9.17, 15) is 14.9 Å². The number of piperidine rings is 1. The van der Waals surface area contributed by atoms with E-state index in [1.165, 1.54) is 12.3 Å². The van der Waals surface area contributed by atoms with Gasteiger partial charge in [0.1, 0.15) is 5.69 Å². The average molecular weight is 303 g/mol. The third-order valence-electron chi connectivity index (χ3n) is 3.49. The van der Waals surface area contributed by atoms with Gasteiger partial charge in [-0.15, -0.1) is 12.4 Å². The summed E-state index contributed by atoms with van der Waals surface area (Å²) in [5.74, 6) is 0.266. The summed E-state index contributed by atoms with van der Waals surface area (Å²) in [7, 11) is 0. The molecule has 0 aliphatic carbocycles. The number of nitrogens with one attached hydrogen (secondary N) is 1. The number of carbonyl (C=O) groups is 1. The lowest BCUT2D eigenvalue weighted by Crippen LogP contribution is -2.40. The molecule has 8 heteroatoms. The highest BCUT2D eigenvalue weighted by Gasteiger charge is 2.25. The summed E-state index contributed by atoms with van der Waals surface area (Å²) < 4.78 is 0. The summed E-state index contributed by atoms with van der Waals surface area (Å²) >= 11 is 0. The minimum atomic E-state index is -0.513. The van der Waals surface area contributed by atoms with Gasteiger partial charge >= 0.3 is 0 Å². The molecule has 1 saturated heterocycles. The summed E-state index contributed by atoms with van der Waals surface area (Å²) in [6, 6.07) is 1.29. The Morgan fingerprint density at radius 2 is 2.35 bits per heavy atom. The van der Waals surface area contributed by atoms with Crippen LogP contribution in [0.2, 0.25) is 0 Å². The van der Waals surface area contributed by atoms with Crippen molar-refractivity contribution in [2.75, 3.05) is 19.6 Å². The van der Waals surface area contributed by atoms with Gasteiger partial charge in [-0.05, 0) is 31.7 Å². The van der Waals surface area contributed by atoms with Gasteiger partial charge < -0.3 is 15.6 Å². The average Bonchev–Trinajstić information content (AvgIpc) is 2.88. The number of nitrogens with two attached hydrogens (primary N) is 1. The highest BCUT2D eigenvalue weighted by atomic mass is 35.5. The van der Waals surface area contributed by atoms with Crippen molar-refractivity contribution in [2.45, 2.75) is 19.3 Å². The molecular formula is C12H19ClN4O3. The van der Waals surface area contributed by atoms with Crippen molar-refractivity contribution in [3.63, 3.8) is 0 Å². The number of likely N-dealkylation sites (tertiary alicyclic amines) is 1. The SMILES string of the molecule is Cl.NCCC1CCCN(C(=O)c2cc([N+](=O)[O-])c[nH]2)C1. The van der Waals surface area contributed by atoms with Crippen molar-refractivity contribution in [3.8, 4) is 0 Å². The molecule has 0 spiro atoms. The van der Waals surface area contributed by atoms with Gasteiger partial charge in [-0.2, -0.15) is 0 Å². The van der Waals surface area contributed by atoms with Gasteiger partial charge in [0.05, 0.1) is 11.1 Å². The van der Waals surface area contributed by atoms with Crippen molar-refractivity contribution < 1.29 is 9.72 Å². The number of nitrogens with zero attached hydrogens (tertiary/aromatic N) is 2. The van der Waals surface area contributed by atoms with Gasteiger partial charge in [0.15, 0.2) is 0 Å². The molecule has 0 radical (unpaired) electrons. The fourth-order valence-corrected chi connectivity index (χ4v) is 2.50. The Bertz CT molecular complexity index is 475. The van der Waals surface area contributed by atoms with Crippen LogP contribution >= 0.6 is 12.4 Å². The Labute approximate surface area is 123 Å². The second-order valence-electron chi connectivity index (χ2n) is 4.87. The number of aromatic nitrogens is 1. The van der Waals surface area contributed by atoms with E-state index in [2.05, 4.69) is 4.98 Å². The second kappa shape index (κ2) is 7.25. The molecule has 1 fully saturated rings. The Morgan fingerprint density at radius 1 is 1.60 bits per heavy atom. The van der Waals surface area contributed by atoms with Crippen molar-refractivity contribution in [1.29, 1.82) is 0 Å². The number of aromatic amines is 1. The van der Waals surface area contributed by atoms with Gasteiger partial charge in [-0.3, -0.25) is 14.9 Å². The molecule has 1 amide bonds. The Kier molecular flexibility index (Phi) is 5.97. The van der Waals surface area contributed by atoms with Crippen LogP contribution in [0.5, 0.6) is 0 Å². The van der Waals surface area contributed by atoms with E-state index in [1.807, 2.05) is 0 Å². The summed E-state index contributed by atoms with van der Waals surface area (Å²) in [5, 5.41) is 10.6. The third kappa shape index (κ3) is 3.71. The molecule has 1 aliphatic heterocycles. The predicted molar refractivity (Wildman–Crippen MR) is 77.0 cm³/mol. The topological polar surface area (TPSA) is 105 Å². The monoisotopic (exact) mass is 302 g/mol. The van der Waals surface area contributed by atoms with Crippen LogP contribution in [0.15, 0.2) is 12.3 Å². The van der Waals surface area contributed by atoms with E-state index in [4.69, 9.17) is 5.73 Å². The zero-order valence-corrected chi connectivity index (χ0v) is 11.9. The third-order valence-corrected chi connectivity index (χ3v) is 3.49. The number of halogens is 1. The van der Waals surface area contributed by atoms with Gasteiger partial charge in [0.2, 0.25) is 0 Å². The molecule has 1 aromatic rings. The Hall–Kier alpha value is -1.60. The summed E-state index contributed by atoms with van der Waals surface area (Å²) in [4.78, 5) is 26.7. The van der Waals surface area contributed by atoms with E-state index in [-0.39, 0.29) is 29.7 Å². The van der Waals surface area contributed by atoms with Crippen LogP contribution in [0.25, 0.3) is 0 Å². The molecule has 1 aliphatic rings. The van der Waals surface area contributed by atoms with Crippen LogP contribution in [0.4, 0.5) is 5.69 Å². The maximum Gasteiger partial charge on any atom is 0.287 e. The first kappa shape index (κ1) is 16.5. The lowest BCUT2D eigenvalue weighted by molar-refractivity contribution is -0.384. The number of carbonyl (C=O) groups excluding carboxylic acids is 1. The smallest absolute Gasteiger partial charge is 0.287 e. The Balaban J connectivity index is 0.00000200. The zero-order chi connectivity index (χ0) is 13.8. The number of amides is 1. The molecule has 112 valence electrons. The first-order valence-corrected chi connectivity index (χ1v) is 6.44. The molecule has 0 aromatic carbocycles. The maximum atomic E-state index is 12.2. The van der Waals surface area contributed by atoms with Gasteiger partial charge in [-0.1, -0.05) is 0 Å². The summed E-state index contributed by atoms with van der Waals surface area (Å²) in [6.45, 7) is 2.01. The van der Waals surface area contributed by atoms with Crippen molar-refractivity contribution in [1.82, 2.24) is 9.88 Å². The molecule has 20 heavy (non-hydrogen) atoms. The molecule has 2 rings (SSSR count). The van der Waals surface area contributed by atoms with E-state index >= 15 is 0 Å². The molecule has 2 heterocycles. The van der Waals surface area contributed by atoms with E-state index in [0.717, 1.165) is 19.3 Å². The first-order chi connectivity index (χ1) is 9.11. The molecule has 0 saturated carbocycles. The summed E-state index contributed by atoms with van der Waals surface area (Å²) in [5.41, 5.74) is 5.74. The van der Waals surface area contributed by atoms with Crippen LogP contribution in [0.1, 0.15) is 29.8 Å². The predicted octanol–water partition coefficient (Wildman–Crippen LogP) is 1.55. The number of hydrogen-bond donors (Lipinski definition) is 2. The minimum absolute atomic E-state index is 0. The van der Waals surface area contributed by atoms with Crippen LogP contribution in [-0.2, 0) is 0 Å². The maximum absolute atomic E-state index is 12.2. The number of rotatable bonds is 4. The van der Waals surface area contributed by atoms with E-state index in [0.29, 0.717) is 25.6 Å². The molecule has 1 aromatic heterocycles. The zero-order valence-electron chi connectivity index (χ0n) is 11.1. The number of hydrogen-bond acceptors (Lipinski definition) is 4. The van der Waals surface area contributed by atoms with Gasteiger partial charge in [-0.25, -0.2) is 0 Å². The Morgan fingerprint density at radius 3 is 2.95 bits per heavy atom. The minimum Gasteiger partial charge on any atom is -0.351 e. The molecular weight excluding hydrogens is 284 g/mol. The van der Waals surface area contributed by atoms with Crippen LogP contribution in [0, 0.1) is 16.0 Å². The highest BCUT2D eigenvalue weighted by Crippen LogP contribution is 2.21. The van der Waals surface area contributed by atoms with Crippen LogP contribution < -0.4 is 5.73 Å². The molecule has 0 bridgehead atoms. The van der Waals surface area contributed by atoms with Crippen molar-refractivity contribution in [3.05, 3.63) is 28.1 Å². The molecule has 3 N–H and O–H groups in total. The van der Waals surface area contributed by atoms with Crippen molar-refractivity contribution >= 4 is 24.0 Å². The number of H-pyrrole nitrogens is 1. The largest absolute Gasteiger partial charge is 0.351 e. The molecule has 7 nitrogen and oxygen atoms in total. The fraction of sp³-hybridized carbons (Fsp3) is 0.583. The van der Waals surface area contributed by atoms with Gasteiger partial charge in [0.25, 0.3) is 11.6 Å². The summed E-state index contributed by atoms with van der Waals surface area (Å²) in [6.07, 6.45) is 4.20. The van der Waals surface area contributed by atoms with Crippen LogP contribution in [0.3, 0.4) is 0 Å². The van der Waals surface area contributed by atoms with Gasteiger partial charge in [0, 0.05) is 19.2 Å². The lowest BCUT2D eigenvalue weighted by Gasteiger charge is -2.32. The lowest BCUT2D eigenvalue weighted by atomic mass is 9.95. The van der Waals surface area contributed by atoms with E-state index in [1.54, 1.807) is 4.90 Å². The number of nitro groups is 1. The van der Waals surface area contributed by atoms with Crippen molar-refractivity contribution in [2.24, 2.45) is 11.7 Å². The highest BCUT2D eigenvalue weighted by molar-refractivity contribution is 5.93. The standard InChI is InChI=1S/C12H18N4O3.ClH/c13-4-3-9-2-1-5-15(8-9)12(17)11-6-10(7-14-11)16(18)19;/h6-7,9,14H,1-5,8,13H2;1H.